The predicted molar refractivity (Wildman–Crippen MR) is 69.0 cm³/mol. The second-order valence-electron chi connectivity index (χ2n) is 4.36. The van der Waals surface area contributed by atoms with Crippen LogP contribution in [0.2, 0.25) is 0 Å². The molecule has 4 nitrogen and oxygen atoms in total. The monoisotopic (exact) mass is 251 g/mol. The summed E-state index contributed by atoms with van der Waals surface area (Å²) < 4.78 is 5.02. The Labute approximate surface area is 108 Å². The van der Waals surface area contributed by atoms with E-state index in [1.165, 1.54) is 0 Å². The molecule has 1 rings (SSSR count). The zero-order valence-electron chi connectivity index (χ0n) is 11.1. The van der Waals surface area contributed by atoms with Crippen molar-refractivity contribution in [2.45, 2.75) is 45.6 Å². The maximum absolute atomic E-state index is 11.4. The summed E-state index contributed by atoms with van der Waals surface area (Å²) in [5.41, 5.74) is 1.65. The molecular weight excluding hydrogens is 230 g/mol. The Morgan fingerprint density at radius 3 is 2.89 bits per heavy atom. The summed E-state index contributed by atoms with van der Waals surface area (Å²) in [4.78, 5) is 15.5. The molecule has 0 aliphatic rings. The van der Waals surface area contributed by atoms with Gasteiger partial charge in [0.05, 0.1) is 12.7 Å². The lowest BCUT2D eigenvalue weighted by atomic mass is 10.1. The molecular formula is C14H21NO3. The highest BCUT2D eigenvalue weighted by atomic mass is 16.5. The Balaban J connectivity index is 2.30. The molecule has 4 heteroatoms. The quantitative estimate of drug-likeness (QED) is 0.597. The van der Waals surface area contributed by atoms with Gasteiger partial charge in [0.25, 0.3) is 0 Å². The molecule has 1 unspecified atom stereocenters. The van der Waals surface area contributed by atoms with Crippen molar-refractivity contribution in [1.82, 2.24) is 4.98 Å². The van der Waals surface area contributed by atoms with E-state index in [0.717, 1.165) is 24.1 Å². The summed E-state index contributed by atoms with van der Waals surface area (Å²) in [7, 11) is 0. The zero-order chi connectivity index (χ0) is 13.4. The molecule has 1 atom stereocenters. The Kier molecular flexibility index (Phi) is 6.36. The largest absolute Gasteiger partial charge is 0.466 e. The first kappa shape index (κ1) is 14.6. The number of unbranched alkanes of at least 4 members (excludes halogenated alkanes) is 1. The number of aryl methyl sites for hydroxylation is 1. The fourth-order valence-electron chi connectivity index (χ4n) is 1.50. The number of pyridine rings is 1. The van der Waals surface area contributed by atoms with E-state index in [2.05, 4.69) is 4.98 Å². The van der Waals surface area contributed by atoms with Gasteiger partial charge in [-0.15, -0.1) is 0 Å². The fraction of sp³-hybridized carbons (Fsp3) is 0.571. The molecule has 0 saturated carbocycles. The van der Waals surface area contributed by atoms with Crippen LogP contribution in [-0.4, -0.2) is 22.7 Å². The van der Waals surface area contributed by atoms with Gasteiger partial charge in [-0.3, -0.25) is 9.78 Å². The minimum atomic E-state index is -0.656. The first-order chi connectivity index (χ1) is 8.63. The Morgan fingerprint density at radius 1 is 1.50 bits per heavy atom. The van der Waals surface area contributed by atoms with Gasteiger partial charge in [0.1, 0.15) is 0 Å². The number of nitrogens with zero attached hydrogens (tertiary/aromatic N) is 1. The Hall–Kier alpha value is -1.42. The average molecular weight is 251 g/mol. The van der Waals surface area contributed by atoms with Gasteiger partial charge in [-0.2, -0.15) is 0 Å². The minimum absolute atomic E-state index is 0.235. The van der Waals surface area contributed by atoms with Crippen molar-refractivity contribution in [2.75, 3.05) is 6.61 Å². The summed E-state index contributed by atoms with van der Waals surface area (Å²) in [6, 6.07) is 3.67. The maximum Gasteiger partial charge on any atom is 0.305 e. The Bertz CT molecular complexity index is 362. The maximum atomic E-state index is 11.4. The number of ether oxygens (including phenoxy) is 1. The van der Waals surface area contributed by atoms with E-state index in [1.54, 1.807) is 6.20 Å². The van der Waals surface area contributed by atoms with E-state index in [0.29, 0.717) is 13.0 Å². The average Bonchev–Trinajstić information content (AvgIpc) is 2.37. The third-order valence-electron chi connectivity index (χ3n) is 2.70. The summed E-state index contributed by atoms with van der Waals surface area (Å²) in [6.45, 7) is 4.40. The van der Waals surface area contributed by atoms with Gasteiger partial charge < -0.3 is 9.84 Å². The van der Waals surface area contributed by atoms with Crippen LogP contribution in [0.25, 0.3) is 0 Å². The van der Waals surface area contributed by atoms with Crippen molar-refractivity contribution in [1.29, 1.82) is 0 Å². The van der Waals surface area contributed by atoms with Crippen LogP contribution in [0.5, 0.6) is 0 Å². The van der Waals surface area contributed by atoms with Crippen molar-refractivity contribution in [3.8, 4) is 0 Å². The molecule has 18 heavy (non-hydrogen) atoms. The molecule has 0 radical (unpaired) electrons. The van der Waals surface area contributed by atoms with Crippen molar-refractivity contribution >= 4 is 5.97 Å². The van der Waals surface area contributed by atoms with Crippen LogP contribution >= 0.6 is 0 Å². The molecule has 1 aromatic heterocycles. The molecule has 1 N–H and O–H groups in total. The fourth-order valence-corrected chi connectivity index (χ4v) is 1.50. The van der Waals surface area contributed by atoms with Crippen molar-refractivity contribution in [3.05, 3.63) is 29.6 Å². The lowest BCUT2D eigenvalue weighted by molar-refractivity contribution is -0.144. The van der Waals surface area contributed by atoms with E-state index in [1.807, 2.05) is 26.0 Å². The van der Waals surface area contributed by atoms with Crippen molar-refractivity contribution in [3.63, 3.8) is 0 Å². The number of carbonyl (C=O) groups excluding carboxylic acids is 1. The molecule has 1 aromatic rings. The molecule has 1 heterocycles. The second kappa shape index (κ2) is 7.82. The number of hydrogen-bond donors (Lipinski definition) is 1. The molecule has 0 saturated heterocycles. The highest BCUT2D eigenvalue weighted by Crippen LogP contribution is 2.17. The number of hydrogen-bond acceptors (Lipinski definition) is 4. The zero-order valence-corrected chi connectivity index (χ0v) is 11.1. The summed E-state index contributed by atoms with van der Waals surface area (Å²) in [5, 5.41) is 9.88. The summed E-state index contributed by atoms with van der Waals surface area (Å²) in [5.74, 6) is -0.248. The van der Waals surface area contributed by atoms with Gasteiger partial charge in [0.15, 0.2) is 0 Å². The van der Waals surface area contributed by atoms with E-state index in [9.17, 15) is 9.90 Å². The van der Waals surface area contributed by atoms with Crippen LogP contribution < -0.4 is 0 Å². The predicted octanol–water partition coefficient (Wildman–Crippen LogP) is 2.55. The van der Waals surface area contributed by atoms with E-state index in [-0.39, 0.29) is 12.4 Å². The SMILES string of the molecule is CCCCOC(=O)CCC(O)c1ccc(C)nc1. The van der Waals surface area contributed by atoms with Crippen molar-refractivity contribution < 1.29 is 14.6 Å². The minimum Gasteiger partial charge on any atom is -0.466 e. The highest BCUT2D eigenvalue weighted by Gasteiger charge is 2.11. The molecule has 0 spiro atoms. The van der Waals surface area contributed by atoms with Crippen LogP contribution in [0.15, 0.2) is 18.3 Å². The molecule has 0 aliphatic carbocycles. The topological polar surface area (TPSA) is 59.4 Å². The van der Waals surface area contributed by atoms with Crippen LogP contribution in [0.3, 0.4) is 0 Å². The van der Waals surface area contributed by atoms with Crippen LogP contribution in [0, 0.1) is 6.92 Å². The van der Waals surface area contributed by atoms with Gasteiger partial charge in [0.2, 0.25) is 0 Å². The molecule has 100 valence electrons. The van der Waals surface area contributed by atoms with Gasteiger partial charge >= 0.3 is 5.97 Å². The number of rotatable bonds is 7. The van der Waals surface area contributed by atoms with Crippen LogP contribution in [0.1, 0.15) is 50.0 Å². The molecule has 0 amide bonds. The van der Waals surface area contributed by atoms with Crippen molar-refractivity contribution in [2.24, 2.45) is 0 Å². The molecule has 0 fully saturated rings. The normalized spacial score (nSPS) is 12.2. The summed E-state index contributed by atoms with van der Waals surface area (Å²) >= 11 is 0. The van der Waals surface area contributed by atoms with E-state index >= 15 is 0 Å². The Morgan fingerprint density at radius 2 is 2.28 bits per heavy atom. The highest BCUT2D eigenvalue weighted by molar-refractivity contribution is 5.69. The lowest BCUT2D eigenvalue weighted by Crippen LogP contribution is -2.08. The van der Waals surface area contributed by atoms with Gasteiger partial charge in [-0.05, 0) is 31.4 Å². The standard InChI is InChI=1S/C14H21NO3/c1-3-4-9-18-14(17)8-7-13(16)12-6-5-11(2)15-10-12/h5-6,10,13,16H,3-4,7-9H2,1-2H3. The van der Waals surface area contributed by atoms with Crippen LogP contribution in [-0.2, 0) is 9.53 Å². The summed E-state index contributed by atoms with van der Waals surface area (Å²) in [6.07, 6.45) is 3.48. The number of aliphatic hydroxyl groups is 1. The van der Waals surface area contributed by atoms with Crippen LogP contribution in [0.4, 0.5) is 0 Å². The third-order valence-corrected chi connectivity index (χ3v) is 2.70. The number of carbonyl (C=O) groups is 1. The molecule has 0 aliphatic heterocycles. The van der Waals surface area contributed by atoms with Gasteiger partial charge in [-0.1, -0.05) is 19.4 Å². The first-order valence-corrected chi connectivity index (χ1v) is 6.39. The first-order valence-electron chi connectivity index (χ1n) is 6.39. The van der Waals surface area contributed by atoms with Gasteiger partial charge in [-0.25, -0.2) is 0 Å². The van der Waals surface area contributed by atoms with E-state index < -0.39 is 6.10 Å². The number of aliphatic hydroxyl groups excluding tert-OH is 1. The number of aromatic nitrogens is 1. The van der Waals surface area contributed by atoms with Gasteiger partial charge in [0, 0.05) is 18.3 Å². The third kappa shape index (κ3) is 5.27. The smallest absolute Gasteiger partial charge is 0.305 e. The second-order valence-corrected chi connectivity index (χ2v) is 4.36. The molecule has 0 bridgehead atoms. The molecule has 0 aromatic carbocycles. The van der Waals surface area contributed by atoms with E-state index in [4.69, 9.17) is 4.74 Å². The lowest BCUT2D eigenvalue weighted by Gasteiger charge is -2.10. The number of esters is 1.